The van der Waals surface area contributed by atoms with E-state index in [4.69, 9.17) is 9.47 Å². The molecule has 1 aliphatic carbocycles. The van der Waals surface area contributed by atoms with E-state index in [1.165, 1.54) is 44.1 Å². The lowest BCUT2D eigenvalue weighted by Crippen LogP contribution is -2.49. The van der Waals surface area contributed by atoms with Gasteiger partial charge in [0.15, 0.2) is 5.96 Å². The molecule has 0 amide bonds. The predicted octanol–water partition coefficient (Wildman–Crippen LogP) is 2.88. The lowest BCUT2D eigenvalue weighted by atomic mass is 9.69. The number of nitrogens with one attached hydrogen (secondary N) is 1. The van der Waals surface area contributed by atoms with Crippen LogP contribution in [0.1, 0.15) is 44.1 Å². The van der Waals surface area contributed by atoms with E-state index >= 15 is 0 Å². The van der Waals surface area contributed by atoms with Gasteiger partial charge in [-0.1, -0.05) is 31.4 Å². The van der Waals surface area contributed by atoms with Crippen molar-refractivity contribution < 1.29 is 9.47 Å². The Kier molecular flexibility index (Phi) is 7.16. The lowest BCUT2D eigenvalue weighted by molar-refractivity contribution is 0.0194. The fourth-order valence-corrected chi connectivity index (χ4v) is 5.50. The molecule has 1 unspecified atom stereocenters. The van der Waals surface area contributed by atoms with Crippen molar-refractivity contribution in [3.63, 3.8) is 0 Å². The van der Waals surface area contributed by atoms with E-state index in [1.54, 1.807) is 7.11 Å². The summed E-state index contributed by atoms with van der Waals surface area (Å²) >= 11 is 0. The average Bonchev–Trinajstić information content (AvgIpc) is 3.31. The molecule has 1 saturated carbocycles. The van der Waals surface area contributed by atoms with Gasteiger partial charge in [0.1, 0.15) is 5.75 Å². The van der Waals surface area contributed by atoms with Crippen molar-refractivity contribution in [2.45, 2.75) is 50.0 Å². The molecule has 2 heterocycles. The molecule has 4 rings (SSSR count). The average molecular weight is 415 g/mol. The monoisotopic (exact) mass is 414 g/mol. The summed E-state index contributed by atoms with van der Waals surface area (Å²) in [5.74, 6) is 1.99. The zero-order valence-corrected chi connectivity index (χ0v) is 18.7. The van der Waals surface area contributed by atoms with Gasteiger partial charge < -0.3 is 19.7 Å². The number of hydrogen-bond acceptors (Lipinski definition) is 4. The number of ether oxygens (including phenoxy) is 2. The maximum absolute atomic E-state index is 5.53. The third-order valence-electron chi connectivity index (χ3n) is 7.33. The highest BCUT2D eigenvalue weighted by Crippen LogP contribution is 2.39. The van der Waals surface area contributed by atoms with E-state index in [0.29, 0.717) is 6.04 Å². The van der Waals surface area contributed by atoms with Gasteiger partial charge in [0.05, 0.1) is 20.3 Å². The zero-order valence-electron chi connectivity index (χ0n) is 18.7. The zero-order chi connectivity index (χ0) is 20.8. The summed E-state index contributed by atoms with van der Waals surface area (Å²) in [5, 5.41) is 3.77. The molecule has 0 aromatic heterocycles. The molecule has 1 N–H and O–H groups in total. The van der Waals surface area contributed by atoms with Crippen molar-refractivity contribution in [2.24, 2.45) is 4.99 Å². The summed E-state index contributed by atoms with van der Waals surface area (Å²) in [4.78, 5) is 9.70. The van der Waals surface area contributed by atoms with Gasteiger partial charge in [-0.05, 0) is 37.0 Å². The van der Waals surface area contributed by atoms with Crippen LogP contribution in [0.25, 0.3) is 0 Å². The molecule has 2 saturated heterocycles. The van der Waals surface area contributed by atoms with E-state index in [9.17, 15) is 0 Å². The molecule has 1 aromatic carbocycles. The molecule has 6 heteroatoms. The topological polar surface area (TPSA) is 49.3 Å². The van der Waals surface area contributed by atoms with Crippen LogP contribution in [0.5, 0.6) is 5.75 Å². The number of guanidine groups is 1. The summed E-state index contributed by atoms with van der Waals surface area (Å²) in [6, 6.07) is 9.36. The minimum Gasteiger partial charge on any atom is -0.497 e. The second-order valence-corrected chi connectivity index (χ2v) is 9.01. The Morgan fingerprint density at radius 2 is 1.87 bits per heavy atom. The maximum Gasteiger partial charge on any atom is 0.193 e. The van der Waals surface area contributed by atoms with Crippen LogP contribution in [0.3, 0.4) is 0 Å². The molecule has 0 bridgehead atoms. The Morgan fingerprint density at radius 1 is 1.13 bits per heavy atom. The number of hydrogen-bond donors (Lipinski definition) is 1. The van der Waals surface area contributed by atoms with Gasteiger partial charge in [-0.2, -0.15) is 0 Å². The van der Waals surface area contributed by atoms with E-state index < -0.39 is 0 Å². The molecule has 166 valence electrons. The first-order valence-corrected chi connectivity index (χ1v) is 11.7. The second-order valence-electron chi connectivity index (χ2n) is 9.01. The van der Waals surface area contributed by atoms with Crippen LogP contribution in [-0.4, -0.2) is 81.9 Å². The molecule has 0 spiro atoms. The number of likely N-dealkylation sites (tertiary alicyclic amines) is 1. The Hall–Kier alpha value is -1.79. The van der Waals surface area contributed by atoms with Crippen molar-refractivity contribution in [3.05, 3.63) is 29.8 Å². The van der Waals surface area contributed by atoms with Crippen LogP contribution >= 0.6 is 0 Å². The molecule has 1 atom stereocenters. The minimum atomic E-state index is 0.184. The first-order chi connectivity index (χ1) is 14.7. The predicted molar refractivity (Wildman–Crippen MR) is 121 cm³/mol. The third-order valence-corrected chi connectivity index (χ3v) is 7.33. The first kappa shape index (κ1) is 21.4. The van der Waals surface area contributed by atoms with Gasteiger partial charge in [0, 0.05) is 51.2 Å². The van der Waals surface area contributed by atoms with Gasteiger partial charge in [0.2, 0.25) is 0 Å². The Balaban J connectivity index is 1.40. The highest BCUT2D eigenvalue weighted by atomic mass is 16.5. The summed E-state index contributed by atoms with van der Waals surface area (Å²) in [6.45, 7) is 6.95. The number of nitrogens with zero attached hydrogens (tertiary/aromatic N) is 3. The highest BCUT2D eigenvalue weighted by Gasteiger charge is 2.35. The first-order valence-electron chi connectivity index (χ1n) is 11.7. The van der Waals surface area contributed by atoms with Crippen LogP contribution in [0.15, 0.2) is 29.3 Å². The number of aliphatic imine (C=N–C) groups is 1. The summed E-state index contributed by atoms with van der Waals surface area (Å²) in [7, 11) is 3.66. The SMILES string of the molecule is CN=C(NCC1(c2ccc(OC)cc2)CCCCC1)N1CCC(N2CCOCC2)C1. The van der Waals surface area contributed by atoms with E-state index in [2.05, 4.69) is 44.4 Å². The normalized spacial score (nSPS) is 25.3. The van der Waals surface area contributed by atoms with E-state index in [0.717, 1.165) is 57.6 Å². The molecular formula is C24H38N4O2. The lowest BCUT2D eigenvalue weighted by Gasteiger charge is -2.39. The van der Waals surface area contributed by atoms with Crippen molar-refractivity contribution in [1.82, 2.24) is 15.1 Å². The number of rotatable bonds is 5. The van der Waals surface area contributed by atoms with Gasteiger partial charge in [-0.3, -0.25) is 9.89 Å². The highest BCUT2D eigenvalue weighted by molar-refractivity contribution is 5.80. The van der Waals surface area contributed by atoms with Crippen LogP contribution < -0.4 is 10.1 Å². The molecule has 3 fully saturated rings. The second kappa shape index (κ2) is 10.0. The number of benzene rings is 1. The van der Waals surface area contributed by atoms with Gasteiger partial charge >= 0.3 is 0 Å². The number of methoxy groups -OCH3 is 1. The largest absolute Gasteiger partial charge is 0.497 e. The van der Waals surface area contributed by atoms with Gasteiger partial charge in [-0.15, -0.1) is 0 Å². The third kappa shape index (κ3) is 4.75. The minimum absolute atomic E-state index is 0.184. The summed E-state index contributed by atoms with van der Waals surface area (Å²) in [5.41, 5.74) is 1.61. The van der Waals surface area contributed by atoms with Gasteiger partial charge in [0.25, 0.3) is 0 Å². The molecule has 30 heavy (non-hydrogen) atoms. The molecule has 6 nitrogen and oxygen atoms in total. The van der Waals surface area contributed by atoms with Crippen molar-refractivity contribution in [1.29, 1.82) is 0 Å². The van der Waals surface area contributed by atoms with Gasteiger partial charge in [-0.25, -0.2) is 0 Å². The summed E-state index contributed by atoms with van der Waals surface area (Å²) < 4.78 is 10.9. The van der Waals surface area contributed by atoms with Crippen molar-refractivity contribution >= 4 is 5.96 Å². The Morgan fingerprint density at radius 3 is 2.53 bits per heavy atom. The molecule has 0 radical (unpaired) electrons. The smallest absolute Gasteiger partial charge is 0.193 e. The fraction of sp³-hybridized carbons (Fsp3) is 0.708. The maximum atomic E-state index is 5.53. The fourth-order valence-electron chi connectivity index (χ4n) is 5.50. The Bertz CT molecular complexity index is 694. The van der Waals surface area contributed by atoms with Crippen molar-refractivity contribution in [3.8, 4) is 5.75 Å². The van der Waals surface area contributed by atoms with Crippen LogP contribution in [-0.2, 0) is 10.2 Å². The van der Waals surface area contributed by atoms with Crippen LogP contribution in [0, 0.1) is 0 Å². The molecule has 1 aromatic rings. The quantitative estimate of drug-likeness (QED) is 0.593. The summed E-state index contributed by atoms with van der Waals surface area (Å²) in [6.07, 6.45) is 7.63. The van der Waals surface area contributed by atoms with Crippen LogP contribution in [0.4, 0.5) is 0 Å². The molecular weight excluding hydrogens is 376 g/mol. The van der Waals surface area contributed by atoms with E-state index in [-0.39, 0.29) is 5.41 Å². The van der Waals surface area contributed by atoms with E-state index in [1.807, 2.05) is 7.05 Å². The standard InChI is InChI=1S/C24H38N4O2/c1-25-23(28-13-10-21(18-28)27-14-16-30-17-15-27)26-19-24(11-4-3-5-12-24)20-6-8-22(29-2)9-7-20/h6-9,21H,3-5,10-19H2,1-2H3,(H,25,26). The molecule has 2 aliphatic heterocycles. The van der Waals surface area contributed by atoms with Crippen molar-refractivity contribution in [2.75, 3.05) is 60.1 Å². The molecule has 3 aliphatic rings. The Labute approximate surface area is 181 Å². The number of morpholine rings is 1. The van der Waals surface area contributed by atoms with Crippen LogP contribution in [0.2, 0.25) is 0 Å².